The van der Waals surface area contributed by atoms with Crippen LogP contribution in [0, 0.1) is 5.92 Å². The lowest BCUT2D eigenvalue weighted by Crippen LogP contribution is -2.29. The second-order valence-electron chi connectivity index (χ2n) is 5.54. The van der Waals surface area contributed by atoms with Crippen LogP contribution in [0.15, 0.2) is 30.5 Å². The van der Waals surface area contributed by atoms with Gasteiger partial charge in [0.1, 0.15) is 0 Å². The summed E-state index contributed by atoms with van der Waals surface area (Å²) in [5.74, 6) is -0.0372. The van der Waals surface area contributed by atoms with Gasteiger partial charge in [-0.05, 0) is 25.5 Å². The van der Waals surface area contributed by atoms with Crippen LogP contribution in [0.5, 0.6) is 0 Å². The van der Waals surface area contributed by atoms with Gasteiger partial charge in [-0.25, -0.2) is 0 Å². The van der Waals surface area contributed by atoms with Crippen molar-refractivity contribution in [2.24, 2.45) is 5.92 Å². The molecule has 2 heterocycles. The summed E-state index contributed by atoms with van der Waals surface area (Å²) in [6, 6.07) is 1.87. The quantitative estimate of drug-likeness (QED) is 0.860. The molecule has 0 radical (unpaired) electrons. The van der Waals surface area contributed by atoms with E-state index in [1.165, 1.54) is 10.6 Å². The number of allylic oxidation sites excluding steroid dienone is 1. The molecule has 1 unspecified atom stereocenters. The van der Waals surface area contributed by atoms with E-state index in [-0.39, 0.29) is 24.0 Å². The zero-order valence-electron chi connectivity index (χ0n) is 12.8. The number of amides is 1. The highest BCUT2D eigenvalue weighted by molar-refractivity contribution is 5.78. The Balaban J connectivity index is 2.10. The largest absolute Gasteiger partial charge is 0.416 e. The lowest BCUT2D eigenvalue weighted by atomic mass is 10.0. The van der Waals surface area contributed by atoms with E-state index in [0.29, 0.717) is 12.2 Å². The van der Waals surface area contributed by atoms with Gasteiger partial charge in [0.05, 0.1) is 12.1 Å². The number of halogens is 3. The van der Waals surface area contributed by atoms with Crippen molar-refractivity contribution in [2.75, 3.05) is 0 Å². The number of pyridine rings is 1. The number of fused-ring (bicyclic) bond motifs is 1. The third kappa shape index (κ3) is 4.08. The predicted octanol–water partition coefficient (Wildman–Crippen LogP) is 2.97. The molecule has 2 aromatic rings. The molecule has 0 aliphatic rings. The van der Waals surface area contributed by atoms with Crippen LogP contribution in [0.4, 0.5) is 13.2 Å². The van der Waals surface area contributed by atoms with Crippen molar-refractivity contribution in [3.05, 3.63) is 41.9 Å². The second-order valence-corrected chi connectivity index (χ2v) is 5.54. The molecule has 0 fully saturated rings. The van der Waals surface area contributed by atoms with Gasteiger partial charge in [0, 0.05) is 12.1 Å². The van der Waals surface area contributed by atoms with Crippen LogP contribution in [0.2, 0.25) is 0 Å². The summed E-state index contributed by atoms with van der Waals surface area (Å²) in [5, 5.41) is 10.2. The number of rotatable bonds is 5. The third-order valence-corrected chi connectivity index (χ3v) is 3.33. The molecule has 1 N–H and O–H groups in total. The summed E-state index contributed by atoms with van der Waals surface area (Å²) >= 11 is 0. The molecule has 0 aliphatic carbocycles. The van der Waals surface area contributed by atoms with E-state index in [9.17, 15) is 18.0 Å². The minimum absolute atomic E-state index is 0.0825. The molecule has 23 heavy (non-hydrogen) atoms. The van der Waals surface area contributed by atoms with Crippen LogP contribution >= 0.6 is 0 Å². The van der Waals surface area contributed by atoms with Crippen molar-refractivity contribution in [3.8, 4) is 0 Å². The van der Waals surface area contributed by atoms with E-state index in [4.69, 9.17) is 0 Å². The summed E-state index contributed by atoms with van der Waals surface area (Å²) in [4.78, 5) is 11.9. The molecule has 0 aromatic carbocycles. The first kappa shape index (κ1) is 17.0. The maximum absolute atomic E-state index is 12.6. The molecule has 1 amide bonds. The van der Waals surface area contributed by atoms with Crippen molar-refractivity contribution in [1.82, 2.24) is 19.9 Å². The first-order valence-electron chi connectivity index (χ1n) is 7.01. The Morgan fingerprint density at radius 2 is 2.13 bits per heavy atom. The Morgan fingerprint density at radius 3 is 2.74 bits per heavy atom. The summed E-state index contributed by atoms with van der Waals surface area (Å²) in [6.45, 7) is 7.47. The van der Waals surface area contributed by atoms with Crippen molar-refractivity contribution in [3.63, 3.8) is 0 Å². The zero-order chi connectivity index (χ0) is 17.2. The van der Waals surface area contributed by atoms with Gasteiger partial charge in [-0.15, -0.1) is 16.8 Å². The standard InChI is InChI=1S/C15H17F3N4O/c1-9(2)6-10(3)14(23)19-8-13-21-20-12-7-11(15(16,17)18)4-5-22(12)13/h4-5,7,10H,1,6,8H2,2-3H3,(H,19,23). The Labute approximate surface area is 131 Å². The fourth-order valence-electron chi connectivity index (χ4n) is 2.19. The van der Waals surface area contributed by atoms with Gasteiger partial charge < -0.3 is 5.32 Å². The smallest absolute Gasteiger partial charge is 0.349 e. The van der Waals surface area contributed by atoms with Crippen LogP contribution in [-0.2, 0) is 17.5 Å². The molecule has 124 valence electrons. The van der Waals surface area contributed by atoms with E-state index < -0.39 is 11.7 Å². The Bertz CT molecular complexity index is 736. The van der Waals surface area contributed by atoms with E-state index in [1.807, 2.05) is 6.92 Å². The van der Waals surface area contributed by atoms with Crippen molar-refractivity contribution in [1.29, 1.82) is 0 Å². The lowest BCUT2D eigenvalue weighted by molar-refractivity contribution is -0.137. The summed E-state index contributed by atoms with van der Waals surface area (Å²) < 4.78 is 39.4. The number of hydrogen-bond acceptors (Lipinski definition) is 3. The number of hydrogen-bond donors (Lipinski definition) is 1. The average Bonchev–Trinajstić information content (AvgIpc) is 2.85. The van der Waals surface area contributed by atoms with Gasteiger partial charge in [0.2, 0.25) is 5.91 Å². The second kappa shape index (κ2) is 6.39. The Kier molecular flexibility index (Phi) is 4.72. The number of nitrogens with one attached hydrogen (secondary N) is 1. The van der Waals surface area contributed by atoms with E-state index in [1.54, 1.807) is 6.92 Å². The monoisotopic (exact) mass is 326 g/mol. The SMILES string of the molecule is C=C(C)CC(C)C(=O)NCc1nnc2cc(C(F)(F)F)ccn12. The molecule has 0 bridgehead atoms. The molecule has 0 saturated heterocycles. The van der Waals surface area contributed by atoms with Gasteiger partial charge in [-0.3, -0.25) is 9.20 Å². The molecular formula is C15H17F3N4O. The molecule has 2 aromatic heterocycles. The fraction of sp³-hybridized carbons (Fsp3) is 0.400. The topological polar surface area (TPSA) is 59.3 Å². The van der Waals surface area contributed by atoms with Gasteiger partial charge in [-0.2, -0.15) is 13.2 Å². The number of carbonyl (C=O) groups excluding carboxylic acids is 1. The van der Waals surface area contributed by atoms with Crippen LogP contribution in [0.3, 0.4) is 0 Å². The van der Waals surface area contributed by atoms with Crippen LogP contribution < -0.4 is 5.32 Å². The van der Waals surface area contributed by atoms with E-state index in [0.717, 1.165) is 17.7 Å². The van der Waals surface area contributed by atoms with Crippen molar-refractivity contribution in [2.45, 2.75) is 33.0 Å². The average molecular weight is 326 g/mol. The maximum atomic E-state index is 12.6. The first-order valence-corrected chi connectivity index (χ1v) is 7.01. The van der Waals surface area contributed by atoms with Crippen LogP contribution in [0.25, 0.3) is 5.65 Å². The van der Waals surface area contributed by atoms with Crippen molar-refractivity contribution < 1.29 is 18.0 Å². The Hall–Kier alpha value is -2.38. The fourth-order valence-corrected chi connectivity index (χ4v) is 2.19. The summed E-state index contributed by atoms with van der Waals surface area (Å²) in [7, 11) is 0. The third-order valence-electron chi connectivity index (χ3n) is 3.33. The highest BCUT2D eigenvalue weighted by Crippen LogP contribution is 2.29. The van der Waals surface area contributed by atoms with Crippen LogP contribution in [0.1, 0.15) is 31.7 Å². The minimum Gasteiger partial charge on any atom is -0.349 e. The zero-order valence-corrected chi connectivity index (χ0v) is 12.8. The number of aromatic nitrogens is 3. The molecule has 5 nitrogen and oxygen atoms in total. The molecule has 0 spiro atoms. The van der Waals surface area contributed by atoms with Gasteiger partial charge >= 0.3 is 6.18 Å². The molecule has 0 saturated carbocycles. The van der Waals surface area contributed by atoms with Gasteiger partial charge in [0.25, 0.3) is 0 Å². The first-order chi connectivity index (χ1) is 10.7. The number of alkyl halides is 3. The Morgan fingerprint density at radius 1 is 1.43 bits per heavy atom. The minimum atomic E-state index is -4.43. The van der Waals surface area contributed by atoms with E-state index in [2.05, 4.69) is 22.1 Å². The van der Waals surface area contributed by atoms with Gasteiger partial charge in [0.15, 0.2) is 11.5 Å². The molecule has 8 heteroatoms. The van der Waals surface area contributed by atoms with Crippen LogP contribution in [-0.4, -0.2) is 20.5 Å². The van der Waals surface area contributed by atoms with Crippen molar-refractivity contribution >= 4 is 11.6 Å². The van der Waals surface area contributed by atoms with E-state index >= 15 is 0 Å². The maximum Gasteiger partial charge on any atom is 0.416 e. The lowest BCUT2D eigenvalue weighted by Gasteiger charge is -2.11. The highest BCUT2D eigenvalue weighted by Gasteiger charge is 2.31. The van der Waals surface area contributed by atoms with Gasteiger partial charge in [-0.1, -0.05) is 12.5 Å². The highest BCUT2D eigenvalue weighted by atomic mass is 19.4. The summed E-state index contributed by atoms with van der Waals surface area (Å²) in [5.41, 5.74) is 0.197. The molecule has 0 aliphatic heterocycles. The predicted molar refractivity (Wildman–Crippen MR) is 78.4 cm³/mol. The normalized spacial score (nSPS) is 13.1. The molecular weight excluding hydrogens is 309 g/mol. The number of carbonyl (C=O) groups is 1. The molecule has 1 atom stereocenters. The number of nitrogens with zero attached hydrogens (tertiary/aromatic N) is 3. The molecule has 2 rings (SSSR count). The summed E-state index contributed by atoms with van der Waals surface area (Å²) in [6.07, 6.45) is -2.61.